The van der Waals surface area contributed by atoms with Crippen LogP contribution in [-0.4, -0.2) is 89.2 Å². The lowest BCUT2D eigenvalue weighted by molar-refractivity contribution is -0.301. The van der Waals surface area contributed by atoms with E-state index in [0.717, 1.165) is 167 Å². The second kappa shape index (κ2) is 53.7. The van der Waals surface area contributed by atoms with Crippen molar-refractivity contribution in [2.45, 2.75) is 263 Å². The Morgan fingerprint density at radius 3 is 1.22 bits per heavy atom. The molecule has 0 radical (unpaired) electrons. The minimum Gasteiger partial charge on any atom is -0.479 e. The number of unbranched alkanes of at least 4 members (excludes halogenated alkanes) is 16. The molecule has 0 spiro atoms. The molecule has 0 aliphatic carbocycles. The summed E-state index contributed by atoms with van der Waals surface area (Å²) in [6, 6.07) is 0. The maximum absolute atomic E-state index is 13.1. The van der Waals surface area contributed by atoms with Crippen LogP contribution in [0.5, 0.6) is 0 Å². The third kappa shape index (κ3) is 43.6. The molecule has 1 heterocycles. The third-order valence-corrected chi connectivity index (χ3v) is 13.0. The molecule has 6 unspecified atom stereocenters. The lowest BCUT2D eigenvalue weighted by Crippen LogP contribution is -2.61. The zero-order chi connectivity index (χ0) is 57.5. The number of carboxylic acids is 1. The number of ether oxygens (including phenoxy) is 5. The first kappa shape index (κ1) is 72.1. The maximum atomic E-state index is 13.1. The molecule has 12 nitrogen and oxygen atoms in total. The fraction of sp³-hybridized carbons (Fsp3) is 0.642. The van der Waals surface area contributed by atoms with Gasteiger partial charge in [-0.25, -0.2) is 4.79 Å². The monoisotopic (exact) mass is 1100 g/mol. The highest BCUT2D eigenvalue weighted by atomic mass is 16.7. The Morgan fingerprint density at radius 2 is 0.797 bits per heavy atom. The average molecular weight is 1100 g/mol. The molecule has 12 heteroatoms. The smallest absolute Gasteiger partial charge is 0.335 e. The number of rotatable bonds is 50. The van der Waals surface area contributed by atoms with E-state index in [-0.39, 0.29) is 25.9 Å². The summed E-state index contributed by atoms with van der Waals surface area (Å²) >= 11 is 0. The van der Waals surface area contributed by atoms with E-state index in [2.05, 4.69) is 142 Å². The van der Waals surface area contributed by atoms with Crippen molar-refractivity contribution in [3.05, 3.63) is 122 Å². The maximum Gasteiger partial charge on any atom is 0.335 e. The number of aliphatic carboxylic acids is 1. The summed E-state index contributed by atoms with van der Waals surface area (Å²) in [4.78, 5) is 51.2. The van der Waals surface area contributed by atoms with E-state index in [1.54, 1.807) is 0 Å². The van der Waals surface area contributed by atoms with E-state index in [9.17, 15) is 34.5 Å². The molecule has 6 atom stereocenters. The first-order valence-corrected chi connectivity index (χ1v) is 30.5. The lowest BCUT2D eigenvalue weighted by Gasteiger charge is -2.40. The van der Waals surface area contributed by atoms with Crippen LogP contribution in [0.4, 0.5) is 0 Å². The average Bonchev–Trinajstić information content (AvgIpc) is 3.47. The Bertz CT molecular complexity index is 1840. The van der Waals surface area contributed by atoms with Crippen molar-refractivity contribution >= 4 is 23.9 Å². The van der Waals surface area contributed by atoms with Gasteiger partial charge in [-0.3, -0.25) is 14.4 Å². The molecule has 3 N–H and O–H groups in total. The molecule has 0 saturated carbocycles. The number of carboxylic acid groups (broad SMARTS) is 1. The lowest BCUT2D eigenvalue weighted by atomic mass is 9.98. The van der Waals surface area contributed by atoms with Crippen molar-refractivity contribution in [2.24, 2.45) is 0 Å². The molecule has 0 bridgehead atoms. The predicted octanol–water partition coefficient (Wildman–Crippen LogP) is 16.0. The van der Waals surface area contributed by atoms with Crippen LogP contribution < -0.4 is 0 Å². The molecule has 0 amide bonds. The summed E-state index contributed by atoms with van der Waals surface area (Å²) < 4.78 is 28.4. The van der Waals surface area contributed by atoms with Crippen molar-refractivity contribution < 1.29 is 58.2 Å². The molecule has 1 aliphatic rings. The number of hydrogen-bond donors (Lipinski definition) is 3. The highest BCUT2D eigenvalue weighted by molar-refractivity contribution is 5.74. The van der Waals surface area contributed by atoms with E-state index in [1.807, 2.05) is 0 Å². The molecule has 79 heavy (non-hydrogen) atoms. The minimum absolute atomic E-state index is 0.0231. The molecule has 1 fully saturated rings. The number of esters is 3. The number of allylic oxidation sites excluding steroid dienone is 20. The summed E-state index contributed by atoms with van der Waals surface area (Å²) in [7, 11) is 0. The van der Waals surface area contributed by atoms with Crippen molar-refractivity contribution in [1.29, 1.82) is 0 Å². The first-order chi connectivity index (χ1) is 38.6. The largest absolute Gasteiger partial charge is 0.479 e. The van der Waals surface area contributed by atoms with Gasteiger partial charge in [0.2, 0.25) is 0 Å². The zero-order valence-corrected chi connectivity index (χ0v) is 49.1. The number of hydrogen-bond acceptors (Lipinski definition) is 11. The summed E-state index contributed by atoms with van der Waals surface area (Å²) in [6.07, 6.45) is 61.6. The Balaban J connectivity index is 2.70. The Kier molecular flexibility index (Phi) is 49.1. The van der Waals surface area contributed by atoms with Gasteiger partial charge in [-0.05, 0) is 122 Å². The van der Waals surface area contributed by atoms with E-state index in [0.29, 0.717) is 19.3 Å². The van der Waals surface area contributed by atoms with Crippen LogP contribution in [0.2, 0.25) is 0 Å². The van der Waals surface area contributed by atoms with Gasteiger partial charge in [0.05, 0.1) is 6.61 Å². The summed E-state index contributed by atoms with van der Waals surface area (Å²) in [5.41, 5.74) is 0. The van der Waals surface area contributed by atoms with Crippen LogP contribution in [0.15, 0.2) is 122 Å². The SMILES string of the molecule is CC/C=C\C/C=C\C/C=C\C/C=C\CCCCCCCCC(=O)OCC(COC1OC(C(=O)O)C(O)C(O)C1OC(=O)CCCCCC/C=C\C/C=C\C/C=C\C/C=C\CC)OC(=O)CCCCCCC/C=C\C/C=C\CCC. The van der Waals surface area contributed by atoms with E-state index in [4.69, 9.17) is 23.7 Å². The number of aliphatic hydroxyl groups excluding tert-OH is 2. The predicted molar refractivity (Wildman–Crippen MR) is 321 cm³/mol. The van der Waals surface area contributed by atoms with Gasteiger partial charge in [-0.1, -0.05) is 206 Å². The standard InChI is InChI=1S/C67H106O12/c1-4-7-10-13-16-19-22-25-27-29-30-32-33-36-38-41-44-47-50-53-59(68)75-56-58(77-60(69)54-51-48-45-42-39-35-24-21-18-15-12-9-6-3)57-76-67-65(63(72)62(71)64(79-67)66(73)74)78-61(70)55-52-49-46-43-40-37-34-31-28-26-23-20-17-14-11-8-5-2/h7-8,10-12,15-17,19-21,24-28,30,32,34,37,58,62-65,67,71-72H,4-6,9,13-14,18,22-23,29,31,33,35-36,38-57H2,1-3H3,(H,73,74)/b10-7-,11-8-,15-12-,19-16-,20-17-,24-21-,27-25-,28-26-,32-30-,37-34-. The van der Waals surface area contributed by atoms with Crippen LogP contribution in [0.25, 0.3) is 0 Å². The van der Waals surface area contributed by atoms with Gasteiger partial charge in [-0.15, -0.1) is 0 Å². The molecular weight excluding hydrogens is 997 g/mol. The molecule has 446 valence electrons. The van der Waals surface area contributed by atoms with Crippen molar-refractivity contribution in [2.75, 3.05) is 13.2 Å². The van der Waals surface area contributed by atoms with Gasteiger partial charge in [0, 0.05) is 19.3 Å². The Hall–Kier alpha value is -4.88. The fourth-order valence-electron chi connectivity index (χ4n) is 8.39. The van der Waals surface area contributed by atoms with E-state index < -0.39 is 67.3 Å². The molecular formula is C67H106O12. The van der Waals surface area contributed by atoms with Gasteiger partial charge >= 0.3 is 23.9 Å². The van der Waals surface area contributed by atoms with Crippen LogP contribution in [0, 0.1) is 0 Å². The summed E-state index contributed by atoms with van der Waals surface area (Å²) in [6.45, 7) is 5.66. The molecule has 0 aromatic carbocycles. The van der Waals surface area contributed by atoms with Crippen molar-refractivity contribution in [1.82, 2.24) is 0 Å². The summed E-state index contributed by atoms with van der Waals surface area (Å²) in [5.74, 6) is -3.20. The highest BCUT2D eigenvalue weighted by Crippen LogP contribution is 2.26. The van der Waals surface area contributed by atoms with Gasteiger partial charge in [0.15, 0.2) is 24.6 Å². The second-order valence-corrected chi connectivity index (χ2v) is 20.2. The van der Waals surface area contributed by atoms with Crippen molar-refractivity contribution in [3.8, 4) is 0 Å². The van der Waals surface area contributed by atoms with Crippen LogP contribution in [0.1, 0.15) is 226 Å². The van der Waals surface area contributed by atoms with E-state index >= 15 is 0 Å². The quantitative estimate of drug-likeness (QED) is 0.0228. The molecule has 1 aliphatic heterocycles. The van der Waals surface area contributed by atoms with Crippen LogP contribution in [-0.2, 0) is 42.9 Å². The van der Waals surface area contributed by atoms with Crippen LogP contribution >= 0.6 is 0 Å². The fourth-order valence-corrected chi connectivity index (χ4v) is 8.39. The topological polar surface area (TPSA) is 175 Å². The Labute approximate surface area is 478 Å². The summed E-state index contributed by atoms with van der Waals surface area (Å²) in [5, 5.41) is 31.5. The Morgan fingerprint density at radius 1 is 0.430 bits per heavy atom. The zero-order valence-electron chi connectivity index (χ0n) is 49.1. The van der Waals surface area contributed by atoms with Gasteiger partial charge in [0.25, 0.3) is 0 Å². The minimum atomic E-state index is -1.92. The third-order valence-electron chi connectivity index (χ3n) is 13.0. The highest BCUT2D eigenvalue weighted by Gasteiger charge is 2.50. The number of aliphatic hydroxyl groups is 2. The molecule has 0 aromatic heterocycles. The molecule has 1 saturated heterocycles. The molecule has 1 rings (SSSR count). The number of carbonyl (C=O) groups excluding carboxylic acids is 3. The normalized spacial score (nSPS) is 18.7. The van der Waals surface area contributed by atoms with Gasteiger partial charge < -0.3 is 39.0 Å². The second-order valence-electron chi connectivity index (χ2n) is 20.2. The van der Waals surface area contributed by atoms with Crippen LogP contribution in [0.3, 0.4) is 0 Å². The first-order valence-electron chi connectivity index (χ1n) is 30.5. The molecule has 0 aromatic rings. The van der Waals surface area contributed by atoms with Crippen molar-refractivity contribution in [3.63, 3.8) is 0 Å². The van der Waals surface area contributed by atoms with Gasteiger partial charge in [-0.2, -0.15) is 0 Å². The van der Waals surface area contributed by atoms with E-state index in [1.165, 1.54) is 0 Å². The number of carbonyl (C=O) groups is 4. The van der Waals surface area contributed by atoms with Gasteiger partial charge in [0.1, 0.15) is 18.8 Å².